The predicted octanol–water partition coefficient (Wildman–Crippen LogP) is 1.73. The van der Waals surface area contributed by atoms with Gasteiger partial charge in [-0.25, -0.2) is 4.99 Å². The standard InChI is InChI=1S/C22H28N6O3/c1-16(29)17-7-6-8-18(13-17)25-22(24-15-23)26-19-9-2-3-12-28(21(19)31)14-20(30)27-10-4-5-11-27/h6-8,13,19H,2-5,9-12,14H2,1H3,(H2,24,25,26). The molecule has 2 aliphatic rings. The maximum absolute atomic E-state index is 13.1. The highest BCUT2D eigenvalue weighted by molar-refractivity contribution is 5.99. The van der Waals surface area contributed by atoms with Crippen molar-refractivity contribution < 1.29 is 14.4 Å². The van der Waals surface area contributed by atoms with Crippen LogP contribution in [-0.4, -0.2) is 65.6 Å². The van der Waals surface area contributed by atoms with E-state index in [1.807, 2.05) is 11.1 Å². The summed E-state index contributed by atoms with van der Waals surface area (Å²) in [5.74, 6) is -0.173. The lowest BCUT2D eigenvalue weighted by Crippen LogP contribution is -2.45. The maximum Gasteiger partial charge on any atom is 0.247 e. The van der Waals surface area contributed by atoms with E-state index in [4.69, 9.17) is 5.26 Å². The minimum Gasteiger partial charge on any atom is -0.341 e. The van der Waals surface area contributed by atoms with Gasteiger partial charge in [-0.15, -0.1) is 0 Å². The molecule has 0 bridgehead atoms. The van der Waals surface area contributed by atoms with E-state index in [1.54, 1.807) is 29.2 Å². The summed E-state index contributed by atoms with van der Waals surface area (Å²) in [6, 6.07) is 6.15. The summed E-state index contributed by atoms with van der Waals surface area (Å²) in [6.07, 6.45) is 5.99. The molecule has 2 aliphatic heterocycles. The lowest BCUT2D eigenvalue weighted by Gasteiger charge is -2.25. The number of carbonyl (C=O) groups excluding carboxylic acids is 3. The number of ketones is 1. The third-order valence-corrected chi connectivity index (χ3v) is 5.53. The van der Waals surface area contributed by atoms with Gasteiger partial charge >= 0.3 is 0 Å². The number of rotatable bonds is 5. The molecule has 9 heteroatoms. The second-order valence-corrected chi connectivity index (χ2v) is 7.84. The normalized spacial score (nSPS) is 19.5. The molecular weight excluding hydrogens is 396 g/mol. The van der Waals surface area contributed by atoms with Crippen molar-refractivity contribution in [2.24, 2.45) is 4.99 Å². The smallest absolute Gasteiger partial charge is 0.247 e. The Labute approximate surface area is 182 Å². The zero-order valence-electron chi connectivity index (χ0n) is 17.8. The van der Waals surface area contributed by atoms with E-state index in [0.29, 0.717) is 24.2 Å². The fraction of sp³-hybridized carbons (Fsp3) is 0.500. The minimum absolute atomic E-state index is 0.0231. The van der Waals surface area contributed by atoms with Crippen molar-refractivity contribution in [2.45, 2.75) is 45.1 Å². The molecule has 2 saturated heterocycles. The number of guanidine groups is 1. The van der Waals surface area contributed by atoms with Gasteiger partial charge in [-0.05, 0) is 51.2 Å². The Bertz CT molecular complexity index is 901. The number of hydrogen-bond donors (Lipinski definition) is 2. The van der Waals surface area contributed by atoms with Crippen molar-refractivity contribution >= 4 is 29.2 Å². The zero-order valence-corrected chi connectivity index (χ0v) is 17.8. The molecule has 9 nitrogen and oxygen atoms in total. The Morgan fingerprint density at radius 1 is 1.19 bits per heavy atom. The number of aliphatic imine (C=N–C) groups is 1. The molecule has 3 rings (SSSR count). The molecule has 0 spiro atoms. The van der Waals surface area contributed by atoms with Crippen LogP contribution in [0.3, 0.4) is 0 Å². The minimum atomic E-state index is -0.687. The van der Waals surface area contributed by atoms with E-state index in [2.05, 4.69) is 15.6 Å². The van der Waals surface area contributed by atoms with Crippen LogP contribution in [0.4, 0.5) is 5.69 Å². The summed E-state index contributed by atoms with van der Waals surface area (Å²) in [5.41, 5.74) is 1.11. The largest absolute Gasteiger partial charge is 0.341 e. The van der Waals surface area contributed by atoms with Gasteiger partial charge in [0, 0.05) is 30.9 Å². The molecule has 2 heterocycles. The van der Waals surface area contributed by atoms with Crippen LogP contribution in [0.2, 0.25) is 0 Å². The van der Waals surface area contributed by atoms with E-state index < -0.39 is 6.04 Å². The van der Waals surface area contributed by atoms with E-state index in [0.717, 1.165) is 38.8 Å². The average Bonchev–Trinajstić information content (AvgIpc) is 3.24. The molecule has 2 amide bonds. The van der Waals surface area contributed by atoms with Crippen molar-refractivity contribution in [2.75, 3.05) is 31.5 Å². The lowest BCUT2D eigenvalue weighted by molar-refractivity contribution is -0.140. The summed E-state index contributed by atoms with van der Waals surface area (Å²) in [6.45, 7) is 3.58. The highest BCUT2D eigenvalue weighted by atomic mass is 16.2. The fourth-order valence-electron chi connectivity index (χ4n) is 3.85. The maximum atomic E-state index is 13.1. The van der Waals surface area contributed by atoms with Gasteiger partial charge in [-0.2, -0.15) is 5.26 Å². The second kappa shape index (κ2) is 10.6. The number of anilines is 1. The van der Waals surface area contributed by atoms with E-state index in [-0.39, 0.29) is 30.1 Å². The van der Waals surface area contributed by atoms with Gasteiger partial charge in [-0.1, -0.05) is 12.1 Å². The topological polar surface area (TPSA) is 118 Å². The number of Topliss-reactive ketones (excluding diaryl/α,β-unsaturated/α-hetero) is 1. The van der Waals surface area contributed by atoms with Gasteiger partial charge in [0.25, 0.3) is 0 Å². The molecule has 164 valence electrons. The van der Waals surface area contributed by atoms with Gasteiger partial charge in [0.2, 0.25) is 17.8 Å². The second-order valence-electron chi connectivity index (χ2n) is 7.84. The van der Waals surface area contributed by atoms with Crippen molar-refractivity contribution in [1.29, 1.82) is 5.26 Å². The number of likely N-dealkylation sites (tertiary alicyclic amines) is 2. The van der Waals surface area contributed by atoms with Crippen LogP contribution >= 0.6 is 0 Å². The summed E-state index contributed by atoms with van der Waals surface area (Å²) >= 11 is 0. The van der Waals surface area contributed by atoms with Gasteiger partial charge in [0.05, 0.1) is 6.54 Å². The van der Waals surface area contributed by atoms with Crippen LogP contribution in [-0.2, 0) is 9.59 Å². The van der Waals surface area contributed by atoms with Crippen LogP contribution in [0.25, 0.3) is 0 Å². The number of amides is 2. The third kappa shape index (κ3) is 6.04. The molecule has 0 radical (unpaired) electrons. The summed E-state index contributed by atoms with van der Waals surface area (Å²) in [7, 11) is 0. The Balaban J connectivity index is 1.74. The molecule has 1 unspecified atom stereocenters. The molecule has 0 saturated carbocycles. The first-order chi connectivity index (χ1) is 15.0. The number of nitriles is 1. The summed E-state index contributed by atoms with van der Waals surface area (Å²) in [4.78, 5) is 45.1. The number of nitrogens with one attached hydrogen (secondary N) is 2. The predicted molar refractivity (Wildman–Crippen MR) is 116 cm³/mol. The molecule has 0 aliphatic carbocycles. The molecular formula is C22H28N6O3. The average molecular weight is 425 g/mol. The third-order valence-electron chi connectivity index (χ3n) is 5.53. The van der Waals surface area contributed by atoms with Gasteiger partial charge in [0.1, 0.15) is 6.04 Å². The summed E-state index contributed by atoms with van der Waals surface area (Å²) < 4.78 is 0. The Morgan fingerprint density at radius 3 is 2.65 bits per heavy atom. The fourth-order valence-corrected chi connectivity index (χ4v) is 3.85. The van der Waals surface area contributed by atoms with E-state index >= 15 is 0 Å². The number of nitrogens with zero attached hydrogens (tertiary/aromatic N) is 4. The molecule has 2 N–H and O–H groups in total. The van der Waals surface area contributed by atoms with Crippen LogP contribution in [0.1, 0.15) is 49.4 Å². The summed E-state index contributed by atoms with van der Waals surface area (Å²) in [5, 5.41) is 14.6. The van der Waals surface area contributed by atoms with E-state index in [9.17, 15) is 14.4 Å². The van der Waals surface area contributed by atoms with E-state index in [1.165, 1.54) is 6.92 Å². The Morgan fingerprint density at radius 2 is 1.94 bits per heavy atom. The molecule has 1 aromatic carbocycles. The van der Waals surface area contributed by atoms with Crippen LogP contribution < -0.4 is 10.6 Å². The lowest BCUT2D eigenvalue weighted by atomic mass is 10.1. The number of hydrogen-bond acceptors (Lipinski definition) is 5. The van der Waals surface area contributed by atoms with Crippen LogP contribution in [0.5, 0.6) is 0 Å². The first-order valence-corrected chi connectivity index (χ1v) is 10.7. The highest BCUT2D eigenvalue weighted by Gasteiger charge is 2.30. The number of benzene rings is 1. The zero-order chi connectivity index (χ0) is 22.2. The van der Waals surface area contributed by atoms with Crippen molar-refractivity contribution in [3.05, 3.63) is 29.8 Å². The molecule has 31 heavy (non-hydrogen) atoms. The molecule has 0 aromatic heterocycles. The Hall–Kier alpha value is -3.41. The van der Waals surface area contributed by atoms with Gasteiger partial charge in [0.15, 0.2) is 12.0 Å². The molecule has 2 fully saturated rings. The SMILES string of the molecule is CC(=O)c1cccc(NC(=NC2CCCCN(CC(=O)N3CCCC3)C2=O)NC#N)c1. The monoisotopic (exact) mass is 424 g/mol. The number of carbonyl (C=O) groups is 3. The van der Waals surface area contributed by atoms with Crippen LogP contribution in [0, 0.1) is 11.5 Å². The first-order valence-electron chi connectivity index (χ1n) is 10.7. The van der Waals surface area contributed by atoms with Crippen molar-refractivity contribution in [3.8, 4) is 6.19 Å². The molecule has 1 aromatic rings. The van der Waals surface area contributed by atoms with Gasteiger partial charge < -0.3 is 15.1 Å². The van der Waals surface area contributed by atoms with Gasteiger partial charge in [-0.3, -0.25) is 19.7 Å². The van der Waals surface area contributed by atoms with Crippen LogP contribution in [0.15, 0.2) is 29.3 Å². The van der Waals surface area contributed by atoms with Crippen molar-refractivity contribution in [3.63, 3.8) is 0 Å². The van der Waals surface area contributed by atoms with Crippen molar-refractivity contribution in [1.82, 2.24) is 15.1 Å². The quantitative estimate of drug-likeness (QED) is 0.244. The highest BCUT2D eigenvalue weighted by Crippen LogP contribution is 2.17. The first kappa shape index (κ1) is 22.3. The molecule has 1 atom stereocenters. The Kier molecular flexibility index (Phi) is 7.60.